The fraction of sp³-hybridized carbons (Fsp3) is 0.417. The summed E-state index contributed by atoms with van der Waals surface area (Å²) in [6, 6.07) is 11.0. The van der Waals surface area contributed by atoms with Crippen LogP contribution in [0.5, 0.6) is 5.75 Å². The van der Waals surface area contributed by atoms with Gasteiger partial charge in [-0.25, -0.2) is 4.79 Å². The van der Waals surface area contributed by atoms with Gasteiger partial charge in [-0.3, -0.25) is 4.98 Å². The summed E-state index contributed by atoms with van der Waals surface area (Å²) in [5.41, 5.74) is 1.27. The summed E-state index contributed by atoms with van der Waals surface area (Å²) in [5, 5.41) is 7.40. The molecule has 1 atom stereocenters. The molecule has 2 fully saturated rings. The minimum Gasteiger partial charge on any atom is -0.497 e. The van der Waals surface area contributed by atoms with Crippen LogP contribution in [0.2, 0.25) is 0 Å². The van der Waals surface area contributed by atoms with Crippen molar-refractivity contribution in [3.05, 3.63) is 54.6 Å². The molecule has 8 nitrogen and oxygen atoms in total. The van der Waals surface area contributed by atoms with Gasteiger partial charge in [-0.1, -0.05) is 24.1 Å². The van der Waals surface area contributed by atoms with Crippen molar-refractivity contribution in [2.75, 3.05) is 25.5 Å². The Bertz CT molecular complexity index is 1080. The van der Waals surface area contributed by atoms with Crippen molar-refractivity contribution >= 4 is 11.7 Å². The number of likely N-dealkylation sites (tertiary alicyclic amines) is 1. The number of aromatic nitrogens is 3. The van der Waals surface area contributed by atoms with E-state index in [9.17, 15) is 4.79 Å². The van der Waals surface area contributed by atoms with Crippen LogP contribution in [0.1, 0.15) is 37.9 Å². The van der Waals surface area contributed by atoms with Gasteiger partial charge >= 0.3 is 6.03 Å². The fourth-order valence-electron chi connectivity index (χ4n) is 4.57. The average molecular weight is 434 g/mol. The maximum absolute atomic E-state index is 13.1. The van der Waals surface area contributed by atoms with Crippen LogP contribution in [0.15, 0.2) is 53.3 Å². The molecule has 3 aromatic rings. The quantitative estimate of drug-likeness (QED) is 0.615. The summed E-state index contributed by atoms with van der Waals surface area (Å²) < 4.78 is 10.9. The average Bonchev–Trinajstić information content (AvgIpc) is 3.49. The molecule has 8 heteroatoms. The smallest absolute Gasteiger partial charge is 0.321 e. The van der Waals surface area contributed by atoms with Gasteiger partial charge in [0.2, 0.25) is 0 Å². The first kappa shape index (κ1) is 20.5. The lowest BCUT2D eigenvalue weighted by Crippen LogP contribution is -2.50. The number of hydrogen-bond donors (Lipinski definition) is 1. The fourth-order valence-corrected chi connectivity index (χ4v) is 4.57. The third-order valence-electron chi connectivity index (χ3n) is 6.39. The molecule has 166 valence electrons. The normalized spacial score (nSPS) is 20.7. The summed E-state index contributed by atoms with van der Waals surface area (Å²) >= 11 is 0. The van der Waals surface area contributed by atoms with E-state index in [4.69, 9.17) is 14.2 Å². The van der Waals surface area contributed by atoms with Crippen LogP contribution in [0.3, 0.4) is 0 Å². The molecule has 32 heavy (non-hydrogen) atoms. The Morgan fingerprint density at radius 1 is 1.28 bits per heavy atom. The number of amides is 2. The summed E-state index contributed by atoms with van der Waals surface area (Å²) in [7, 11) is 1.61. The number of carbonyl (C=O) groups excluding carboxylic acids is 1. The Kier molecular flexibility index (Phi) is 5.51. The topological polar surface area (TPSA) is 93.4 Å². The lowest BCUT2D eigenvalue weighted by Gasteiger charge is -2.41. The van der Waals surface area contributed by atoms with E-state index in [1.165, 1.54) is 12.8 Å². The van der Waals surface area contributed by atoms with E-state index in [-0.39, 0.29) is 11.4 Å². The van der Waals surface area contributed by atoms with Gasteiger partial charge in [0.25, 0.3) is 5.89 Å². The molecule has 1 N–H and O–H groups in total. The van der Waals surface area contributed by atoms with Crippen LogP contribution in [0.25, 0.3) is 11.5 Å². The second-order valence-electron chi connectivity index (χ2n) is 8.77. The van der Waals surface area contributed by atoms with Crippen LogP contribution >= 0.6 is 0 Å². The van der Waals surface area contributed by atoms with E-state index in [1.807, 2.05) is 41.3 Å². The number of piperidine rings is 1. The number of nitrogens with zero attached hydrogens (tertiary/aromatic N) is 4. The van der Waals surface area contributed by atoms with Gasteiger partial charge in [0, 0.05) is 42.8 Å². The zero-order chi connectivity index (χ0) is 22.0. The number of nitrogens with one attached hydrogen (secondary N) is 1. The predicted octanol–water partition coefficient (Wildman–Crippen LogP) is 4.51. The molecule has 0 bridgehead atoms. The van der Waals surface area contributed by atoms with Crippen LogP contribution < -0.4 is 10.1 Å². The Hall–Kier alpha value is -3.42. The van der Waals surface area contributed by atoms with E-state index >= 15 is 0 Å². The van der Waals surface area contributed by atoms with Crippen molar-refractivity contribution in [3.8, 4) is 17.2 Å². The Morgan fingerprint density at radius 2 is 2.12 bits per heavy atom. The summed E-state index contributed by atoms with van der Waals surface area (Å²) in [6.07, 6.45) is 8.71. The van der Waals surface area contributed by atoms with Crippen molar-refractivity contribution in [1.29, 1.82) is 0 Å². The Balaban J connectivity index is 1.37. The number of carbonyl (C=O) groups is 1. The van der Waals surface area contributed by atoms with Gasteiger partial charge < -0.3 is 19.5 Å². The van der Waals surface area contributed by atoms with Gasteiger partial charge in [-0.05, 0) is 49.4 Å². The number of anilines is 1. The zero-order valence-electron chi connectivity index (χ0n) is 18.2. The van der Waals surface area contributed by atoms with Crippen molar-refractivity contribution in [2.24, 2.45) is 5.92 Å². The van der Waals surface area contributed by atoms with Gasteiger partial charge in [-0.2, -0.15) is 4.98 Å². The van der Waals surface area contributed by atoms with Crippen molar-refractivity contribution in [3.63, 3.8) is 0 Å². The predicted molar refractivity (Wildman–Crippen MR) is 119 cm³/mol. The van der Waals surface area contributed by atoms with E-state index in [0.717, 1.165) is 24.8 Å². The van der Waals surface area contributed by atoms with Crippen LogP contribution in [0, 0.1) is 5.92 Å². The third-order valence-corrected chi connectivity index (χ3v) is 6.39. The number of ether oxygens (including phenoxy) is 1. The highest BCUT2D eigenvalue weighted by Crippen LogP contribution is 2.46. The number of rotatable bonds is 6. The summed E-state index contributed by atoms with van der Waals surface area (Å²) in [6.45, 7) is 1.28. The van der Waals surface area contributed by atoms with Crippen LogP contribution in [0.4, 0.5) is 10.5 Å². The third kappa shape index (κ3) is 4.30. The molecule has 2 amide bonds. The number of benzene rings is 1. The van der Waals surface area contributed by atoms with Gasteiger partial charge in [0.05, 0.1) is 12.5 Å². The number of pyridine rings is 1. The Labute approximate surface area is 187 Å². The van der Waals surface area contributed by atoms with E-state index in [0.29, 0.717) is 42.2 Å². The van der Waals surface area contributed by atoms with Crippen LogP contribution in [-0.4, -0.2) is 46.3 Å². The molecule has 1 aliphatic carbocycles. The molecule has 1 saturated heterocycles. The molecule has 1 unspecified atom stereocenters. The lowest BCUT2D eigenvalue weighted by molar-refractivity contribution is 0.143. The second-order valence-corrected chi connectivity index (χ2v) is 8.77. The minimum atomic E-state index is -0.292. The number of urea groups is 1. The molecule has 5 rings (SSSR count). The molecule has 3 heterocycles. The molecule has 1 aliphatic heterocycles. The molecule has 2 aromatic heterocycles. The minimum absolute atomic E-state index is 0.115. The van der Waals surface area contributed by atoms with Gasteiger partial charge in [0.1, 0.15) is 5.75 Å². The van der Waals surface area contributed by atoms with E-state index in [1.54, 1.807) is 19.5 Å². The maximum Gasteiger partial charge on any atom is 0.321 e. The standard InChI is InChI=1S/C24H27N5O3/c1-31-20-5-2-4-19(14-20)26-23(30)29-13-3-10-24(16-29,15-17-6-7-17)22-27-21(32-28-22)18-8-11-25-12-9-18/h2,4-5,8-9,11-12,14,17H,3,6-7,10,13,15-16H2,1H3,(H,26,30). The molecule has 1 aromatic carbocycles. The zero-order valence-corrected chi connectivity index (χ0v) is 18.2. The molecule has 0 radical (unpaired) electrons. The van der Waals surface area contributed by atoms with Crippen molar-refractivity contribution in [1.82, 2.24) is 20.0 Å². The molecule has 2 aliphatic rings. The lowest BCUT2D eigenvalue weighted by atomic mass is 9.75. The Morgan fingerprint density at radius 3 is 2.91 bits per heavy atom. The van der Waals surface area contributed by atoms with Gasteiger partial charge in [-0.15, -0.1) is 0 Å². The molecule has 1 saturated carbocycles. The monoisotopic (exact) mass is 433 g/mol. The van der Waals surface area contributed by atoms with Crippen molar-refractivity contribution < 1.29 is 14.1 Å². The van der Waals surface area contributed by atoms with Crippen molar-refractivity contribution in [2.45, 2.75) is 37.5 Å². The maximum atomic E-state index is 13.1. The molecule has 0 spiro atoms. The van der Waals surface area contributed by atoms with Crippen LogP contribution in [-0.2, 0) is 5.41 Å². The summed E-state index contributed by atoms with van der Waals surface area (Å²) in [5.74, 6) is 2.57. The van der Waals surface area contributed by atoms with E-state index in [2.05, 4.69) is 15.5 Å². The molecular weight excluding hydrogens is 406 g/mol. The molecular formula is C24H27N5O3. The highest BCUT2D eigenvalue weighted by molar-refractivity contribution is 5.89. The van der Waals surface area contributed by atoms with Gasteiger partial charge in [0.15, 0.2) is 5.82 Å². The first-order chi connectivity index (χ1) is 15.6. The highest BCUT2D eigenvalue weighted by atomic mass is 16.5. The number of methoxy groups -OCH3 is 1. The van der Waals surface area contributed by atoms with E-state index < -0.39 is 0 Å². The first-order valence-corrected chi connectivity index (χ1v) is 11.1. The first-order valence-electron chi connectivity index (χ1n) is 11.1. The highest BCUT2D eigenvalue weighted by Gasteiger charge is 2.45. The second kappa shape index (κ2) is 8.61. The number of hydrogen-bond acceptors (Lipinski definition) is 6. The summed E-state index contributed by atoms with van der Waals surface area (Å²) in [4.78, 5) is 23.8. The SMILES string of the molecule is COc1cccc(NC(=O)N2CCCC(CC3CC3)(c3noc(-c4ccncc4)n3)C2)c1. The largest absolute Gasteiger partial charge is 0.497 e.